The molecule has 1 amide bonds. The van der Waals surface area contributed by atoms with Crippen LogP contribution in [0.4, 0.5) is 5.13 Å². The van der Waals surface area contributed by atoms with Crippen LogP contribution in [-0.4, -0.2) is 45.1 Å². The molecule has 0 saturated carbocycles. The first-order valence-electron chi connectivity index (χ1n) is 17.6. The molecule has 0 radical (unpaired) electrons. The molecular formula is C41H38BrN5O4S3. The molecule has 13 heteroatoms. The van der Waals surface area contributed by atoms with Crippen molar-refractivity contribution in [1.82, 2.24) is 20.3 Å². The lowest BCUT2D eigenvalue weighted by atomic mass is 9.94. The van der Waals surface area contributed by atoms with Crippen molar-refractivity contribution in [2.75, 3.05) is 18.1 Å². The molecular weight excluding hydrogens is 803 g/mol. The fraction of sp³-hybridized carbons (Fsp3) is 0.244. The minimum Gasteiger partial charge on any atom is -0.494 e. The molecule has 0 spiro atoms. The zero-order valence-corrected chi connectivity index (χ0v) is 34.1. The van der Waals surface area contributed by atoms with Crippen LogP contribution in [0.25, 0.3) is 21.5 Å². The Hall–Kier alpha value is -4.56. The molecule has 0 saturated heterocycles. The quantitative estimate of drug-likeness (QED) is 0.0866. The minimum absolute atomic E-state index is 0.0741. The average Bonchev–Trinajstić information content (AvgIpc) is 3.80. The van der Waals surface area contributed by atoms with Crippen molar-refractivity contribution in [3.05, 3.63) is 126 Å². The highest BCUT2D eigenvalue weighted by Gasteiger charge is 2.27. The van der Waals surface area contributed by atoms with E-state index in [1.165, 1.54) is 11.3 Å². The maximum atomic E-state index is 13.9. The number of rotatable bonds is 13. The molecule has 54 heavy (non-hydrogen) atoms. The predicted octanol–water partition coefficient (Wildman–Crippen LogP) is 10.3. The highest BCUT2D eigenvalue weighted by atomic mass is 79.9. The summed E-state index contributed by atoms with van der Waals surface area (Å²) in [5.41, 5.74) is 6.84. The molecule has 3 aromatic carbocycles. The molecule has 0 unspecified atom stereocenters. The van der Waals surface area contributed by atoms with Crippen LogP contribution in [-0.2, 0) is 19.4 Å². The Morgan fingerprint density at radius 2 is 1.89 bits per heavy atom. The van der Waals surface area contributed by atoms with Gasteiger partial charge in [-0.25, -0.2) is 19.7 Å². The number of carbonyl (C=O) groups is 2. The van der Waals surface area contributed by atoms with Gasteiger partial charge in [0.25, 0.3) is 5.91 Å². The van der Waals surface area contributed by atoms with Crippen molar-refractivity contribution in [1.29, 1.82) is 0 Å². The van der Waals surface area contributed by atoms with Crippen molar-refractivity contribution in [2.24, 2.45) is 0 Å². The largest absolute Gasteiger partial charge is 0.494 e. The summed E-state index contributed by atoms with van der Waals surface area (Å²) in [5, 5.41) is 17.8. The second-order valence-corrected chi connectivity index (χ2v) is 16.8. The fourth-order valence-corrected chi connectivity index (χ4v) is 10.0. The first kappa shape index (κ1) is 37.7. The molecule has 1 aliphatic rings. The summed E-state index contributed by atoms with van der Waals surface area (Å²) < 4.78 is 7.02. The number of hydrogen-bond donors (Lipinski definition) is 2. The van der Waals surface area contributed by atoms with E-state index in [0.717, 1.165) is 76.7 Å². The molecule has 0 fully saturated rings. The average molecular weight is 841 g/mol. The highest BCUT2D eigenvalue weighted by molar-refractivity contribution is 9.10. The Kier molecular flexibility index (Phi) is 11.8. The number of aromatic carboxylic acids is 1. The number of thiophene rings is 1. The second-order valence-electron chi connectivity index (χ2n) is 12.9. The Bertz CT molecular complexity index is 2370. The first-order chi connectivity index (χ1) is 26.2. The van der Waals surface area contributed by atoms with Crippen LogP contribution in [0.15, 0.2) is 98.4 Å². The van der Waals surface area contributed by atoms with Crippen LogP contribution < -0.4 is 15.0 Å². The van der Waals surface area contributed by atoms with E-state index in [2.05, 4.69) is 80.1 Å². The molecule has 276 valence electrons. The standard InChI is InChI=1S/C41H38BrN5O4S3/c1-4-24(2)38(53-32-12-6-5-9-25(32)3)46-37(48)29-11-7-10-26-18-19-47(21-30(26)29)41-45-36(40(49)50)33(54-41)13-8-20-51-28-16-14-27(15-17-28)35-34-31(42)22-52-39(34)44-23-43-35/h5-7,9-12,14-17,22-23H,4,8,13,18-21H2,1-3H3,(H,46,48)(H,49,50). The van der Waals surface area contributed by atoms with Crippen LogP contribution in [0, 0.1) is 6.92 Å². The summed E-state index contributed by atoms with van der Waals surface area (Å²) in [6.45, 7) is 7.77. The van der Waals surface area contributed by atoms with Gasteiger partial charge in [0.15, 0.2) is 10.8 Å². The van der Waals surface area contributed by atoms with E-state index >= 15 is 0 Å². The summed E-state index contributed by atoms with van der Waals surface area (Å²) in [6, 6.07) is 21.9. The van der Waals surface area contributed by atoms with E-state index in [-0.39, 0.29) is 11.6 Å². The molecule has 4 heterocycles. The van der Waals surface area contributed by atoms with Gasteiger partial charge in [-0.1, -0.05) is 49.0 Å². The van der Waals surface area contributed by atoms with Crippen molar-refractivity contribution >= 4 is 77.6 Å². The highest BCUT2D eigenvalue weighted by Crippen LogP contribution is 2.37. The molecule has 0 aliphatic carbocycles. The van der Waals surface area contributed by atoms with Crippen molar-refractivity contribution in [3.8, 4) is 17.0 Å². The van der Waals surface area contributed by atoms with Gasteiger partial charge in [0, 0.05) is 43.8 Å². The molecule has 2 N–H and O–H groups in total. The molecule has 1 aliphatic heterocycles. The number of nitrogens with zero attached hydrogens (tertiary/aromatic N) is 4. The van der Waals surface area contributed by atoms with Crippen LogP contribution in [0.3, 0.4) is 0 Å². The van der Waals surface area contributed by atoms with Crippen LogP contribution in [0.2, 0.25) is 0 Å². The van der Waals surface area contributed by atoms with Gasteiger partial charge in [0.05, 0.1) is 22.7 Å². The van der Waals surface area contributed by atoms with Gasteiger partial charge in [0.1, 0.15) is 16.9 Å². The number of ether oxygens (including phenoxy) is 1. The molecule has 7 rings (SSSR count). The van der Waals surface area contributed by atoms with Crippen LogP contribution in [0.1, 0.15) is 69.1 Å². The molecule has 3 aromatic heterocycles. The lowest BCUT2D eigenvalue weighted by Gasteiger charge is -2.30. The third-order valence-electron chi connectivity index (χ3n) is 9.40. The fourth-order valence-electron chi connectivity index (χ4n) is 6.29. The van der Waals surface area contributed by atoms with E-state index in [9.17, 15) is 14.7 Å². The number of carboxylic acids is 1. The van der Waals surface area contributed by atoms with Gasteiger partial charge in [-0.15, -0.1) is 22.7 Å². The lowest BCUT2D eigenvalue weighted by molar-refractivity contribution is 0.0689. The minimum atomic E-state index is -1.05. The van der Waals surface area contributed by atoms with Crippen molar-refractivity contribution in [3.63, 3.8) is 0 Å². The molecule has 6 aromatic rings. The normalized spacial score (nSPS) is 13.1. The third-order valence-corrected chi connectivity index (χ3v) is 13.7. The zero-order valence-electron chi connectivity index (χ0n) is 30.0. The first-order valence-corrected chi connectivity index (χ1v) is 20.9. The summed E-state index contributed by atoms with van der Waals surface area (Å²) in [7, 11) is 0. The van der Waals surface area contributed by atoms with Crippen molar-refractivity contribution < 1.29 is 19.4 Å². The van der Waals surface area contributed by atoms with Crippen LogP contribution in [0.5, 0.6) is 5.75 Å². The predicted molar refractivity (Wildman–Crippen MR) is 222 cm³/mol. The molecule has 0 bridgehead atoms. The number of thioether (sulfide) groups is 1. The number of allylic oxidation sites excluding steroid dienone is 1. The summed E-state index contributed by atoms with van der Waals surface area (Å²) in [6.07, 6.45) is 4.26. The number of amides is 1. The maximum absolute atomic E-state index is 13.9. The molecule has 0 atom stereocenters. The van der Waals surface area contributed by atoms with Gasteiger partial charge in [0.2, 0.25) is 0 Å². The third kappa shape index (κ3) is 8.24. The topological polar surface area (TPSA) is 118 Å². The maximum Gasteiger partial charge on any atom is 0.355 e. The Morgan fingerprint density at radius 3 is 2.67 bits per heavy atom. The number of carbonyl (C=O) groups excluding carboxylic acids is 1. The summed E-state index contributed by atoms with van der Waals surface area (Å²) in [4.78, 5) is 44.5. The number of nitrogens with one attached hydrogen (secondary N) is 1. The number of halogens is 1. The van der Waals surface area contributed by atoms with E-state index in [4.69, 9.17) is 4.74 Å². The number of aromatic nitrogens is 3. The second kappa shape index (κ2) is 16.8. The van der Waals surface area contributed by atoms with E-state index in [1.807, 2.05) is 53.9 Å². The van der Waals surface area contributed by atoms with Crippen LogP contribution >= 0.6 is 50.4 Å². The number of fused-ring (bicyclic) bond motifs is 2. The zero-order chi connectivity index (χ0) is 37.8. The SMILES string of the molecule is CCC(C)=C(NC(=O)c1cccc2c1CN(c1nc(C(=O)O)c(CCCOc3ccc(-c4ncnc5scc(Br)c45)cc3)s1)CC2)Sc1ccccc1C. The number of thiazole rings is 1. The molecule has 9 nitrogen and oxygen atoms in total. The number of hydrogen-bond acceptors (Lipinski definition) is 10. The Balaban J connectivity index is 1.01. The monoisotopic (exact) mass is 839 g/mol. The Morgan fingerprint density at radius 1 is 1.07 bits per heavy atom. The van der Waals surface area contributed by atoms with E-state index < -0.39 is 5.97 Å². The smallest absolute Gasteiger partial charge is 0.355 e. The van der Waals surface area contributed by atoms with Gasteiger partial charge >= 0.3 is 5.97 Å². The van der Waals surface area contributed by atoms with Gasteiger partial charge in [-0.05, 0) is 114 Å². The van der Waals surface area contributed by atoms with Gasteiger partial charge < -0.3 is 20.1 Å². The summed E-state index contributed by atoms with van der Waals surface area (Å²) >= 11 is 8.17. The lowest BCUT2D eigenvalue weighted by Crippen LogP contribution is -2.33. The number of benzene rings is 3. The Labute approximate surface area is 334 Å². The number of carboxylic acid groups (broad SMARTS) is 1. The van der Waals surface area contributed by atoms with Gasteiger partial charge in [-0.2, -0.15) is 0 Å². The van der Waals surface area contributed by atoms with Crippen molar-refractivity contribution in [2.45, 2.75) is 57.9 Å². The van der Waals surface area contributed by atoms with E-state index in [1.54, 1.807) is 29.4 Å². The number of aryl methyl sites for hydroxylation is 2. The van der Waals surface area contributed by atoms with Gasteiger partial charge in [-0.3, -0.25) is 4.79 Å². The summed E-state index contributed by atoms with van der Waals surface area (Å²) in [5.74, 6) is -0.473. The van der Waals surface area contributed by atoms with E-state index in [0.29, 0.717) is 48.1 Å². The number of anilines is 1.